The molecule has 0 spiro atoms. The van der Waals surface area contributed by atoms with Gasteiger partial charge in [-0.25, -0.2) is 17.6 Å². The lowest BCUT2D eigenvalue weighted by molar-refractivity contribution is 0.102. The van der Waals surface area contributed by atoms with Crippen LogP contribution in [0.15, 0.2) is 46.9 Å². The Balaban J connectivity index is 1.73. The summed E-state index contributed by atoms with van der Waals surface area (Å²) in [6, 6.07) is 16.0. The lowest BCUT2D eigenvalue weighted by Crippen LogP contribution is -2.16. The quantitative estimate of drug-likeness (QED) is 0.317. The van der Waals surface area contributed by atoms with E-state index in [4.69, 9.17) is 0 Å². The van der Waals surface area contributed by atoms with Crippen molar-refractivity contribution in [3.63, 3.8) is 0 Å². The number of carbonyl (C=O) groups is 1. The van der Waals surface area contributed by atoms with Crippen LogP contribution in [0.2, 0.25) is 0 Å². The van der Waals surface area contributed by atoms with E-state index in [1.165, 1.54) is 6.07 Å². The Hall–Kier alpha value is -3.05. The lowest BCUT2D eigenvalue weighted by Gasteiger charge is -2.07. The van der Waals surface area contributed by atoms with Crippen molar-refractivity contribution in [1.29, 1.82) is 0 Å². The van der Waals surface area contributed by atoms with Crippen LogP contribution in [0.1, 0.15) is 10.4 Å². The average molecular weight is 437 g/mol. The van der Waals surface area contributed by atoms with Gasteiger partial charge in [-0.1, -0.05) is 15.9 Å². The summed E-state index contributed by atoms with van der Waals surface area (Å²) in [5, 5.41) is 5.27. The van der Waals surface area contributed by atoms with Gasteiger partial charge < -0.3 is 10.6 Å². The van der Waals surface area contributed by atoms with Crippen molar-refractivity contribution in [3.05, 3.63) is 87.9 Å². The second-order valence-corrected chi connectivity index (χ2v) is 6.26. The largest absolute Gasteiger partial charge is 0.349 e. The van der Waals surface area contributed by atoms with Crippen LogP contribution in [0.5, 0.6) is 0 Å². The van der Waals surface area contributed by atoms with Gasteiger partial charge in [-0.2, -0.15) is 0 Å². The molecule has 27 heavy (non-hydrogen) atoms. The van der Waals surface area contributed by atoms with E-state index in [2.05, 4.69) is 38.7 Å². The van der Waals surface area contributed by atoms with Gasteiger partial charge in [0.2, 0.25) is 0 Å². The third-order valence-corrected chi connectivity index (χ3v) is 4.00. The Morgan fingerprint density at radius 2 is 1.48 bits per heavy atom. The average Bonchev–Trinajstić information content (AvgIpc) is 2.66. The Morgan fingerprint density at radius 1 is 0.852 bits per heavy atom. The van der Waals surface area contributed by atoms with Gasteiger partial charge in [-0.3, -0.25) is 4.79 Å². The van der Waals surface area contributed by atoms with Gasteiger partial charge in [0.15, 0.2) is 23.3 Å². The smallest absolute Gasteiger partial charge is 0.259 e. The zero-order valence-electron chi connectivity index (χ0n) is 13.3. The van der Waals surface area contributed by atoms with Crippen LogP contribution < -0.4 is 10.6 Å². The maximum absolute atomic E-state index is 13.7. The molecule has 0 fully saturated rings. The molecule has 0 aliphatic rings. The zero-order valence-corrected chi connectivity index (χ0v) is 14.9. The van der Waals surface area contributed by atoms with E-state index in [1.54, 1.807) is 6.07 Å². The summed E-state index contributed by atoms with van der Waals surface area (Å²) in [5.74, 6) is -8.62. The van der Waals surface area contributed by atoms with Crippen molar-refractivity contribution in [1.82, 2.24) is 0 Å². The zero-order chi connectivity index (χ0) is 19.6. The van der Waals surface area contributed by atoms with Gasteiger partial charge in [0, 0.05) is 10.2 Å². The van der Waals surface area contributed by atoms with Crippen molar-refractivity contribution < 1.29 is 22.4 Å². The highest BCUT2D eigenvalue weighted by Gasteiger charge is 2.23. The monoisotopic (exact) mass is 436 g/mol. The summed E-state index contributed by atoms with van der Waals surface area (Å²) in [6.07, 6.45) is 0. The van der Waals surface area contributed by atoms with Crippen LogP contribution in [0.3, 0.4) is 0 Å². The fraction of sp³-hybridized carbons (Fsp3) is 0. The number of hydrogen-bond donors (Lipinski definition) is 2. The van der Waals surface area contributed by atoms with Crippen LogP contribution in [-0.4, -0.2) is 5.91 Å². The van der Waals surface area contributed by atoms with E-state index in [0.717, 1.165) is 10.2 Å². The number of carbonyl (C=O) groups excluding carboxylic acids is 1. The summed E-state index contributed by atoms with van der Waals surface area (Å²) in [4.78, 5) is 12.0. The molecule has 0 saturated heterocycles. The lowest BCUT2D eigenvalue weighted by atomic mass is 10.1. The summed E-state index contributed by atoms with van der Waals surface area (Å²) in [7, 11) is 0. The second kappa shape index (κ2) is 7.68. The first kappa shape index (κ1) is 18.7. The molecule has 0 unspecified atom stereocenters. The highest BCUT2D eigenvalue weighted by atomic mass is 79.9. The molecule has 8 heteroatoms. The predicted octanol–water partition coefficient (Wildman–Crippen LogP) is 5.60. The third-order valence-electron chi connectivity index (χ3n) is 3.47. The van der Waals surface area contributed by atoms with Crippen molar-refractivity contribution >= 4 is 38.9 Å². The number of benzene rings is 2. The van der Waals surface area contributed by atoms with Gasteiger partial charge in [0.1, 0.15) is 0 Å². The van der Waals surface area contributed by atoms with Gasteiger partial charge in [0.05, 0.1) is 16.9 Å². The Bertz CT molecular complexity index is 992. The Kier molecular flexibility index (Phi) is 5.33. The molecule has 0 atom stereocenters. The number of nitrogens with one attached hydrogen (secondary N) is 2. The van der Waals surface area contributed by atoms with Gasteiger partial charge >= 0.3 is 0 Å². The van der Waals surface area contributed by atoms with Gasteiger partial charge in [0.25, 0.3) is 5.91 Å². The maximum Gasteiger partial charge on any atom is 0.259 e. The molecule has 3 nitrogen and oxygen atoms in total. The highest BCUT2D eigenvalue weighted by molar-refractivity contribution is 9.10. The first-order valence-corrected chi connectivity index (χ1v) is 8.25. The number of halogens is 5. The van der Waals surface area contributed by atoms with Gasteiger partial charge in [-0.15, -0.1) is 0 Å². The molecule has 0 bridgehead atoms. The molecule has 0 radical (unpaired) electrons. The van der Waals surface area contributed by atoms with Crippen molar-refractivity contribution in [2.45, 2.75) is 0 Å². The van der Waals surface area contributed by atoms with Crippen molar-refractivity contribution in [2.24, 2.45) is 0 Å². The molecule has 0 heterocycles. The van der Waals surface area contributed by atoms with E-state index in [-0.39, 0.29) is 11.8 Å². The fourth-order valence-corrected chi connectivity index (χ4v) is 2.41. The highest BCUT2D eigenvalue weighted by Crippen LogP contribution is 2.21. The SMILES string of the molecule is O=C(Nc1c#cc(Nc2ccc(Br)cc2)cc1)c1cc(F)c(F)c(F)c1F. The van der Waals surface area contributed by atoms with Crippen LogP contribution in [0, 0.1) is 35.4 Å². The van der Waals surface area contributed by atoms with Crippen LogP contribution in [0.4, 0.5) is 34.6 Å². The summed E-state index contributed by atoms with van der Waals surface area (Å²) < 4.78 is 54.0. The van der Waals surface area contributed by atoms with Crippen LogP contribution in [-0.2, 0) is 0 Å². The van der Waals surface area contributed by atoms with Crippen LogP contribution in [0.25, 0.3) is 0 Å². The minimum absolute atomic E-state index is 0.0888. The minimum Gasteiger partial charge on any atom is -0.349 e. The molecule has 0 aliphatic carbocycles. The van der Waals surface area contributed by atoms with E-state index >= 15 is 0 Å². The van der Waals surface area contributed by atoms with Gasteiger partial charge in [-0.05, 0) is 54.6 Å². The normalized spacial score (nSPS) is 10.3. The predicted molar refractivity (Wildman–Crippen MR) is 95.8 cm³/mol. The minimum atomic E-state index is -2.05. The molecule has 3 aromatic carbocycles. The standard InChI is InChI=1S/C19H9BrF4N2O/c20-10-1-3-11(4-2-10)25-12-5-7-13(8-6-12)26-19(27)14-9-15(21)17(23)18(24)16(14)22/h1-5,7,9,25H,(H,26,27). The first-order valence-electron chi connectivity index (χ1n) is 7.46. The maximum atomic E-state index is 13.7. The van der Waals surface area contributed by atoms with Crippen molar-refractivity contribution in [2.75, 3.05) is 10.6 Å². The molecule has 1 amide bonds. The summed E-state index contributed by atoms with van der Waals surface area (Å²) in [6.45, 7) is 0. The Labute approximate surface area is 160 Å². The Morgan fingerprint density at radius 3 is 2.11 bits per heavy atom. The molecular formula is C19H9BrF4N2O. The van der Waals surface area contributed by atoms with Crippen molar-refractivity contribution in [3.8, 4) is 0 Å². The topological polar surface area (TPSA) is 41.1 Å². The summed E-state index contributed by atoms with van der Waals surface area (Å²) in [5.41, 5.74) is 0.460. The summed E-state index contributed by atoms with van der Waals surface area (Å²) >= 11 is 3.32. The molecule has 2 N–H and O–H groups in total. The number of hydrogen-bond acceptors (Lipinski definition) is 2. The second-order valence-electron chi connectivity index (χ2n) is 5.34. The molecule has 3 aromatic rings. The molecule has 0 aromatic heterocycles. The number of amides is 1. The van der Waals surface area contributed by atoms with E-state index in [9.17, 15) is 22.4 Å². The number of anilines is 3. The molecule has 3 rings (SSSR count). The molecular weight excluding hydrogens is 428 g/mol. The number of rotatable bonds is 4. The third kappa shape index (κ3) is 4.20. The van der Waals surface area contributed by atoms with E-state index in [0.29, 0.717) is 5.69 Å². The van der Waals surface area contributed by atoms with E-state index in [1.807, 2.05) is 24.3 Å². The molecule has 0 saturated carbocycles. The first-order chi connectivity index (χ1) is 12.8. The van der Waals surface area contributed by atoms with Crippen LogP contribution >= 0.6 is 15.9 Å². The molecule has 136 valence electrons. The fourth-order valence-electron chi connectivity index (χ4n) is 2.15. The van der Waals surface area contributed by atoms with E-state index < -0.39 is 34.7 Å². The molecule has 0 aliphatic heterocycles.